The summed E-state index contributed by atoms with van der Waals surface area (Å²) in [6.45, 7) is 3.67. The number of benzene rings is 1. The topological polar surface area (TPSA) is 77.8 Å². The maximum Gasteiger partial charge on any atom is 0.0991 e. The van der Waals surface area contributed by atoms with Gasteiger partial charge in [0.25, 0.3) is 0 Å². The Kier molecular flexibility index (Phi) is 3.78. The summed E-state index contributed by atoms with van der Waals surface area (Å²) in [6.07, 6.45) is 5.32. The standard InChI is InChI=1S/C18H15N5/c1-12-16(9-19)18(17(10-20)13(2)22-12)14-3-5-15(6-4-14)23-8-7-21-11-23/h3-8,11,16,18H,1-2H3. The lowest BCUT2D eigenvalue weighted by Gasteiger charge is -2.26. The molecule has 2 atom stereocenters. The van der Waals surface area contributed by atoms with Gasteiger partial charge in [-0.3, -0.25) is 4.99 Å². The van der Waals surface area contributed by atoms with Crippen LogP contribution in [0.5, 0.6) is 0 Å². The minimum Gasteiger partial charge on any atom is -0.306 e. The molecule has 0 aliphatic carbocycles. The van der Waals surface area contributed by atoms with Gasteiger partial charge in [0.15, 0.2) is 0 Å². The van der Waals surface area contributed by atoms with Crippen LogP contribution in [-0.4, -0.2) is 15.3 Å². The van der Waals surface area contributed by atoms with Gasteiger partial charge in [-0.2, -0.15) is 10.5 Å². The van der Waals surface area contributed by atoms with Crippen molar-refractivity contribution in [2.24, 2.45) is 10.9 Å². The zero-order valence-electron chi connectivity index (χ0n) is 12.9. The Labute approximate surface area is 134 Å². The minimum absolute atomic E-state index is 0.265. The number of rotatable bonds is 2. The number of nitriles is 2. The van der Waals surface area contributed by atoms with E-state index < -0.39 is 5.92 Å². The van der Waals surface area contributed by atoms with Crippen LogP contribution >= 0.6 is 0 Å². The number of nitrogens with zero attached hydrogens (tertiary/aromatic N) is 5. The molecular formula is C18H15N5. The zero-order valence-corrected chi connectivity index (χ0v) is 12.9. The molecule has 1 aliphatic heterocycles. The Morgan fingerprint density at radius 3 is 2.43 bits per heavy atom. The maximum absolute atomic E-state index is 9.52. The van der Waals surface area contributed by atoms with E-state index in [0.29, 0.717) is 11.3 Å². The van der Waals surface area contributed by atoms with Crippen LogP contribution in [0.15, 0.2) is 59.2 Å². The number of hydrogen-bond acceptors (Lipinski definition) is 4. The van der Waals surface area contributed by atoms with Crippen LogP contribution in [0.4, 0.5) is 0 Å². The molecule has 2 aromatic rings. The molecule has 0 radical (unpaired) electrons. The van der Waals surface area contributed by atoms with E-state index in [2.05, 4.69) is 22.1 Å². The number of aromatic nitrogens is 2. The lowest BCUT2D eigenvalue weighted by atomic mass is 9.77. The van der Waals surface area contributed by atoms with Crippen molar-refractivity contribution in [3.05, 3.63) is 59.8 Å². The highest BCUT2D eigenvalue weighted by molar-refractivity contribution is 5.90. The van der Waals surface area contributed by atoms with Gasteiger partial charge < -0.3 is 4.57 Å². The summed E-state index contributed by atoms with van der Waals surface area (Å²) in [5.74, 6) is -0.674. The Bertz CT molecular complexity index is 858. The SMILES string of the molecule is CC1=NC(C)=C(C#N)C(c2ccc(-n3ccnc3)cc2)C1C#N. The summed E-state index contributed by atoms with van der Waals surface area (Å²) in [6, 6.07) is 12.4. The van der Waals surface area contributed by atoms with Crippen molar-refractivity contribution in [1.29, 1.82) is 10.5 Å². The predicted molar refractivity (Wildman–Crippen MR) is 86.8 cm³/mol. The molecule has 0 amide bonds. The van der Waals surface area contributed by atoms with E-state index in [1.54, 1.807) is 12.5 Å². The molecule has 0 saturated heterocycles. The highest BCUT2D eigenvalue weighted by Gasteiger charge is 2.33. The molecule has 1 aliphatic rings. The molecule has 2 heterocycles. The van der Waals surface area contributed by atoms with E-state index in [4.69, 9.17) is 0 Å². The summed E-state index contributed by atoms with van der Waals surface area (Å²) in [4.78, 5) is 8.40. The van der Waals surface area contributed by atoms with Gasteiger partial charge in [0.2, 0.25) is 0 Å². The fraction of sp³-hybridized carbons (Fsp3) is 0.222. The van der Waals surface area contributed by atoms with Crippen molar-refractivity contribution in [1.82, 2.24) is 9.55 Å². The average molecular weight is 301 g/mol. The van der Waals surface area contributed by atoms with Gasteiger partial charge in [-0.05, 0) is 31.5 Å². The number of hydrogen-bond donors (Lipinski definition) is 0. The van der Waals surface area contributed by atoms with Gasteiger partial charge in [-0.1, -0.05) is 12.1 Å². The first-order chi connectivity index (χ1) is 11.2. The van der Waals surface area contributed by atoms with Crippen LogP contribution in [0, 0.1) is 28.6 Å². The van der Waals surface area contributed by atoms with Crippen LogP contribution in [0.2, 0.25) is 0 Å². The highest BCUT2D eigenvalue weighted by Crippen LogP contribution is 2.38. The highest BCUT2D eigenvalue weighted by atomic mass is 15.0. The molecule has 0 spiro atoms. The molecular weight excluding hydrogens is 286 g/mol. The third kappa shape index (κ3) is 2.54. The molecule has 0 saturated carbocycles. The molecule has 5 nitrogen and oxygen atoms in total. The molecule has 1 aromatic carbocycles. The average Bonchev–Trinajstić information content (AvgIpc) is 3.09. The summed E-state index contributed by atoms with van der Waals surface area (Å²) in [5, 5.41) is 19.0. The van der Waals surface area contributed by atoms with E-state index in [9.17, 15) is 10.5 Å². The van der Waals surface area contributed by atoms with Crippen molar-refractivity contribution >= 4 is 5.71 Å². The van der Waals surface area contributed by atoms with E-state index in [0.717, 1.165) is 17.0 Å². The number of imidazole rings is 1. The second kappa shape index (κ2) is 5.90. The largest absolute Gasteiger partial charge is 0.306 e. The molecule has 1 aromatic heterocycles. The fourth-order valence-electron chi connectivity index (χ4n) is 2.97. The molecule has 0 N–H and O–H groups in total. The molecule has 5 heteroatoms. The second-order valence-electron chi connectivity index (χ2n) is 5.51. The Hall–Kier alpha value is -3.18. The van der Waals surface area contributed by atoms with E-state index >= 15 is 0 Å². The van der Waals surface area contributed by atoms with Gasteiger partial charge in [-0.25, -0.2) is 4.98 Å². The Morgan fingerprint density at radius 1 is 1.13 bits per heavy atom. The summed E-state index contributed by atoms with van der Waals surface area (Å²) in [5.41, 5.74) is 3.95. The number of aliphatic imine (C=N–C) groups is 1. The predicted octanol–water partition coefficient (Wildman–Crippen LogP) is 3.37. The van der Waals surface area contributed by atoms with Gasteiger partial charge in [0, 0.05) is 29.7 Å². The first-order valence-corrected chi connectivity index (χ1v) is 7.29. The van der Waals surface area contributed by atoms with Gasteiger partial charge in [-0.15, -0.1) is 0 Å². The maximum atomic E-state index is 9.52. The molecule has 2 unspecified atom stereocenters. The molecule has 23 heavy (non-hydrogen) atoms. The van der Waals surface area contributed by atoms with E-state index in [-0.39, 0.29) is 5.92 Å². The molecule has 0 bridgehead atoms. The third-order valence-electron chi connectivity index (χ3n) is 4.14. The van der Waals surface area contributed by atoms with Gasteiger partial charge >= 0.3 is 0 Å². The lowest BCUT2D eigenvalue weighted by molar-refractivity contribution is 0.703. The molecule has 112 valence electrons. The third-order valence-corrected chi connectivity index (χ3v) is 4.14. The van der Waals surface area contributed by atoms with Crippen LogP contribution in [0.25, 0.3) is 5.69 Å². The normalized spacial score (nSPS) is 20.6. The fourth-order valence-corrected chi connectivity index (χ4v) is 2.97. The van der Waals surface area contributed by atoms with Crippen LogP contribution in [0.1, 0.15) is 25.3 Å². The van der Waals surface area contributed by atoms with Crippen molar-refractivity contribution in [3.8, 4) is 17.8 Å². The zero-order chi connectivity index (χ0) is 16.4. The van der Waals surface area contributed by atoms with Crippen LogP contribution < -0.4 is 0 Å². The smallest absolute Gasteiger partial charge is 0.0991 e. The van der Waals surface area contributed by atoms with E-state index in [1.807, 2.05) is 48.9 Å². The minimum atomic E-state index is -0.410. The van der Waals surface area contributed by atoms with Crippen LogP contribution in [0.3, 0.4) is 0 Å². The van der Waals surface area contributed by atoms with Crippen molar-refractivity contribution in [2.45, 2.75) is 19.8 Å². The summed E-state index contributed by atoms with van der Waals surface area (Å²) >= 11 is 0. The Morgan fingerprint density at radius 2 is 1.87 bits per heavy atom. The Balaban J connectivity index is 2.04. The number of allylic oxidation sites excluding steroid dienone is 2. The first-order valence-electron chi connectivity index (χ1n) is 7.29. The van der Waals surface area contributed by atoms with Gasteiger partial charge in [0.1, 0.15) is 0 Å². The lowest BCUT2D eigenvalue weighted by Crippen LogP contribution is -2.24. The quantitative estimate of drug-likeness (QED) is 0.853. The van der Waals surface area contributed by atoms with Crippen LogP contribution in [-0.2, 0) is 0 Å². The van der Waals surface area contributed by atoms with E-state index in [1.165, 1.54) is 0 Å². The first kappa shape index (κ1) is 14.7. The van der Waals surface area contributed by atoms with Gasteiger partial charge in [0.05, 0.1) is 35.7 Å². The summed E-state index contributed by atoms with van der Waals surface area (Å²) < 4.78 is 1.91. The monoisotopic (exact) mass is 301 g/mol. The second-order valence-corrected chi connectivity index (χ2v) is 5.51. The van der Waals surface area contributed by atoms with Crippen molar-refractivity contribution < 1.29 is 0 Å². The molecule has 0 fully saturated rings. The van der Waals surface area contributed by atoms with Crippen molar-refractivity contribution in [2.75, 3.05) is 0 Å². The summed E-state index contributed by atoms with van der Waals surface area (Å²) in [7, 11) is 0. The molecule has 3 rings (SSSR count). The van der Waals surface area contributed by atoms with Crippen molar-refractivity contribution in [3.63, 3.8) is 0 Å².